The van der Waals surface area contributed by atoms with E-state index < -0.39 is 18.4 Å². The Kier molecular flexibility index (Phi) is 4.55. The van der Waals surface area contributed by atoms with E-state index in [4.69, 9.17) is 4.74 Å². The van der Waals surface area contributed by atoms with Crippen molar-refractivity contribution in [2.24, 2.45) is 5.92 Å². The number of likely N-dealkylation sites (tertiary alicyclic amines) is 1. The summed E-state index contributed by atoms with van der Waals surface area (Å²) in [6, 6.07) is 0. The molecule has 0 aliphatic carbocycles. The van der Waals surface area contributed by atoms with Crippen molar-refractivity contribution in [3.05, 3.63) is 10.2 Å². The van der Waals surface area contributed by atoms with E-state index in [2.05, 4.69) is 25.0 Å². The number of carbonyl (C=O) groups excluding carboxylic acids is 1. The first kappa shape index (κ1) is 14.9. The summed E-state index contributed by atoms with van der Waals surface area (Å²) in [5.41, 5.74) is -0.389. The van der Waals surface area contributed by atoms with Crippen LogP contribution in [0.3, 0.4) is 0 Å². The second-order valence-electron chi connectivity index (χ2n) is 6.87. The van der Waals surface area contributed by atoms with Gasteiger partial charge >= 0.3 is 109 Å². The molecule has 0 aromatic carbocycles. The minimum atomic E-state index is -1.78. The third-order valence-electron chi connectivity index (χ3n) is 2.43. The van der Waals surface area contributed by atoms with E-state index in [9.17, 15) is 4.79 Å². The van der Waals surface area contributed by atoms with Crippen LogP contribution in [0.2, 0.25) is 14.8 Å². The number of hydrogen-bond acceptors (Lipinski definition) is 2. The number of carbonyl (C=O) groups is 1. The number of amides is 1. The number of rotatable bonds is 2. The van der Waals surface area contributed by atoms with Gasteiger partial charge in [0.1, 0.15) is 0 Å². The number of nitrogens with zero attached hydrogens (tertiary/aromatic N) is 1. The van der Waals surface area contributed by atoms with E-state index in [0.29, 0.717) is 5.92 Å². The predicted molar refractivity (Wildman–Crippen MR) is 73.8 cm³/mol. The molecule has 0 aromatic heterocycles. The average Bonchev–Trinajstić information content (AvgIpc) is 1.94. The fourth-order valence-corrected chi connectivity index (χ4v) is 3.96. The Bertz CT molecular complexity index is 306. The van der Waals surface area contributed by atoms with Crippen molar-refractivity contribution in [1.29, 1.82) is 0 Å². The quantitative estimate of drug-likeness (QED) is 0.719. The molecule has 0 radical (unpaired) electrons. The first-order valence-corrected chi connectivity index (χ1v) is 16.5. The van der Waals surface area contributed by atoms with Crippen LogP contribution in [0, 0.1) is 5.92 Å². The summed E-state index contributed by atoms with van der Waals surface area (Å²) in [5.74, 6) is 0.540. The standard InChI is InChI=1S/C10H16NO2.3CH3.Sn/c1-5-8-6-11(7-8)9(12)13-10(2,3)4;;;;/h1,5,8H,6-7H2,2-4H3;3*1H3;. The summed E-state index contributed by atoms with van der Waals surface area (Å²) in [4.78, 5) is 20.6. The van der Waals surface area contributed by atoms with Gasteiger partial charge in [-0.1, -0.05) is 0 Å². The molecule has 0 aromatic rings. The van der Waals surface area contributed by atoms with Crippen LogP contribution in [0.5, 0.6) is 0 Å². The van der Waals surface area contributed by atoms with Gasteiger partial charge in [0.15, 0.2) is 0 Å². The zero-order valence-electron chi connectivity index (χ0n) is 11.9. The molecule has 0 N–H and O–H groups in total. The van der Waals surface area contributed by atoms with Gasteiger partial charge in [-0.3, -0.25) is 0 Å². The van der Waals surface area contributed by atoms with Gasteiger partial charge in [-0.05, 0) is 0 Å². The summed E-state index contributed by atoms with van der Waals surface area (Å²) in [6.45, 7) is 7.32. The fraction of sp³-hybridized carbons (Fsp3) is 0.769. The van der Waals surface area contributed by atoms with Crippen molar-refractivity contribution >= 4 is 24.5 Å². The molecule has 1 heterocycles. The normalized spacial score (nSPS) is 18.4. The maximum atomic E-state index is 11.7. The van der Waals surface area contributed by atoms with Crippen LogP contribution >= 0.6 is 0 Å². The van der Waals surface area contributed by atoms with Gasteiger partial charge in [0.2, 0.25) is 0 Å². The molecule has 0 atom stereocenters. The Balaban J connectivity index is 2.33. The van der Waals surface area contributed by atoms with E-state index >= 15 is 0 Å². The zero-order valence-corrected chi connectivity index (χ0v) is 14.8. The molecule has 1 fully saturated rings. The van der Waals surface area contributed by atoms with E-state index in [1.165, 1.54) is 0 Å². The third-order valence-corrected chi connectivity index (χ3v) is 5.83. The predicted octanol–water partition coefficient (Wildman–Crippen LogP) is 3.29. The number of hydrogen-bond donors (Lipinski definition) is 0. The average molecular weight is 346 g/mol. The van der Waals surface area contributed by atoms with E-state index in [-0.39, 0.29) is 11.7 Å². The molecule has 3 nitrogen and oxygen atoms in total. The molecular weight excluding hydrogens is 321 g/mol. The Morgan fingerprint density at radius 2 is 1.82 bits per heavy atom. The van der Waals surface area contributed by atoms with Crippen molar-refractivity contribution < 1.29 is 9.53 Å². The third kappa shape index (κ3) is 5.79. The van der Waals surface area contributed by atoms with Gasteiger partial charge in [-0.2, -0.15) is 0 Å². The van der Waals surface area contributed by atoms with Crippen molar-refractivity contribution in [3.8, 4) is 0 Å². The van der Waals surface area contributed by atoms with Crippen LogP contribution in [-0.2, 0) is 4.74 Å². The molecule has 1 rings (SSSR count). The SMILES string of the molecule is CC(C)(C)OC(=O)N1CC(/C=[CH]/[Sn]([CH3])([CH3])[CH3])C1. The zero-order chi connectivity index (χ0) is 13.3. The van der Waals surface area contributed by atoms with Gasteiger partial charge in [0.25, 0.3) is 0 Å². The molecule has 0 saturated carbocycles. The molecule has 0 bridgehead atoms. The van der Waals surface area contributed by atoms with Crippen LogP contribution in [0.1, 0.15) is 20.8 Å². The van der Waals surface area contributed by atoms with Crippen LogP contribution in [-0.4, -0.2) is 48.1 Å². The summed E-state index contributed by atoms with van der Waals surface area (Å²) in [5, 5.41) is 0. The maximum absolute atomic E-state index is 11.7. The second kappa shape index (κ2) is 5.20. The van der Waals surface area contributed by atoms with Crippen molar-refractivity contribution in [3.63, 3.8) is 0 Å². The van der Waals surface area contributed by atoms with Gasteiger partial charge in [-0.15, -0.1) is 0 Å². The summed E-state index contributed by atoms with van der Waals surface area (Å²) in [7, 11) is 0. The molecule has 1 amide bonds. The molecule has 98 valence electrons. The first-order chi connectivity index (χ1) is 7.57. The monoisotopic (exact) mass is 347 g/mol. The van der Waals surface area contributed by atoms with Gasteiger partial charge in [0.05, 0.1) is 0 Å². The van der Waals surface area contributed by atoms with Crippen LogP contribution in [0.15, 0.2) is 10.2 Å². The van der Waals surface area contributed by atoms with Crippen LogP contribution in [0.4, 0.5) is 4.79 Å². The Morgan fingerprint density at radius 1 is 1.29 bits per heavy atom. The molecule has 1 aliphatic heterocycles. The molecule has 0 spiro atoms. The van der Waals surface area contributed by atoms with Crippen LogP contribution < -0.4 is 0 Å². The Morgan fingerprint density at radius 3 is 2.24 bits per heavy atom. The summed E-state index contributed by atoms with van der Waals surface area (Å²) in [6.07, 6.45) is 2.12. The van der Waals surface area contributed by atoms with E-state index in [1.54, 1.807) is 4.90 Å². The molecule has 1 saturated heterocycles. The molecule has 17 heavy (non-hydrogen) atoms. The van der Waals surface area contributed by atoms with E-state index in [0.717, 1.165) is 13.1 Å². The van der Waals surface area contributed by atoms with Crippen molar-refractivity contribution in [2.75, 3.05) is 13.1 Å². The topological polar surface area (TPSA) is 29.5 Å². The molecule has 1 aliphatic rings. The Labute approximate surface area is 109 Å². The fourth-order valence-electron chi connectivity index (χ4n) is 1.53. The summed E-state index contributed by atoms with van der Waals surface area (Å²) < 4.78 is 7.73. The molecule has 4 heteroatoms. The van der Waals surface area contributed by atoms with Gasteiger partial charge in [0, 0.05) is 0 Å². The van der Waals surface area contributed by atoms with Gasteiger partial charge < -0.3 is 0 Å². The van der Waals surface area contributed by atoms with Crippen molar-refractivity contribution in [1.82, 2.24) is 4.90 Å². The number of ether oxygens (including phenoxy) is 1. The molecule has 0 unspecified atom stereocenters. The van der Waals surface area contributed by atoms with Crippen molar-refractivity contribution in [2.45, 2.75) is 41.2 Å². The Hall–Kier alpha value is -0.191. The van der Waals surface area contributed by atoms with Crippen LogP contribution in [0.25, 0.3) is 0 Å². The van der Waals surface area contributed by atoms with Gasteiger partial charge in [-0.25, -0.2) is 0 Å². The minimum absolute atomic E-state index is 0.179. The second-order valence-corrected chi connectivity index (χ2v) is 21.3. The molecular formula is C13H25NO2Sn. The first-order valence-electron chi connectivity index (χ1n) is 6.24. The van der Waals surface area contributed by atoms with E-state index in [1.807, 2.05) is 20.8 Å². The summed E-state index contributed by atoms with van der Waals surface area (Å²) >= 11 is -1.78.